The number of nitrogens with zero attached hydrogens (tertiary/aromatic N) is 2. The molecule has 1 atom stereocenters. The zero-order valence-corrected chi connectivity index (χ0v) is 13.7. The third-order valence-electron chi connectivity index (χ3n) is 4.94. The van der Waals surface area contributed by atoms with Crippen molar-refractivity contribution < 1.29 is 14.2 Å². The molecule has 1 aromatic rings. The summed E-state index contributed by atoms with van der Waals surface area (Å²) >= 11 is 0. The highest BCUT2D eigenvalue weighted by atomic mass is 19.1. The molecule has 0 saturated carbocycles. The Morgan fingerprint density at radius 1 is 1.09 bits per heavy atom. The predicted octanol–water partition coefficient (Wildman–Crippen LogP) is 2.13. The summed E-state index contributed by atoms with van der Waals surface area (Å²) in [7, 11) is 0. The number of halogens is 1. The molecule has 1 N–H and O–H groups in total. The third kappa shape index (κ3) is 4.90. The van der Waals surface area contributed by atoms with Crippen molar-refractivity contribution in [1.82, 2.24) is 9.80 Å². The monoisotopic (exact) mass is 322 g/mol. The number of hydrogen-bond acceptors (Lipinski definition) is 4. The molecule has 4 nitrogen and oxygen atoms in total. The fourth-order valence-corrected chi connectivity index (χ4v) is 3.65. The lowest BCUT2D eigenvalue weighted by molar-refractivity contribution is 0.0476. The normalized spacial score (nSPS) is 22.3. The molecule has 0 aromatic heterocycles. The molecule has 2 aliphatic rings. The lowest BCUT2D eigenvalue weighted by Crippen LogP contribution is -2.46. The summed E-state index contributed by atoms with van der Waals surface area (Å²) in [5.41, 5.74) is 0. The molecular weight excluding hydrogens is 295 g/mol. The van der Waals surface area contributed by atoms with Gasteiger partial charge >= 0.3 is 0 Å². The van der Waals surface area contributed by atoms with Crippen LogP contribution < -0.4 is 4.74 Å². The van der Waals surface area contributed by atoms with E-state index in [1.807, 2.05) is 0 Å². The van der Waals surface area contributed by atoms with E-state index in [1.165, 1.54) is 50.9 Å². The minimum Gasteiger partial charge on any atom is -0.491 e. The maximum absolute atomic E-state index is 12.8. The van der Waals surface area contributed by atoms with Gasteiger partial charge in [0, 0.05) is 12.6 Å². The van der Waals surface area contributed by atoms with Gasteiger partial charge < -0.3 is 19.6 Å². The molecule has 0 radical (unpaired) electrons. The molecule has 1 unspecified atom stereocenters. The quantitative estimate of drug-likeness (QED) is 0.870. The Balaban J connectivity index is 1.35. The first-order chi connectivity index (χ1) is 11.2. The van der Waals surface area contributed by atoms with Crippen LogP contribution in [0.3, 0.4) is 0 Å². The first-order valence-electron chi connectivity index (χ1n) is 8.73. The van der Waals surface area contributed by atoms with Gasteiger partial charge in [-0.15, -0.1) is 0 Å². The van der Waals surface area contributed by atoms with Crippen LogP contribution >= 0.6 is 0 Å². The third-order valence-corrected chi connectivity index (χ3v) is 4.94. The summed E-state index contributed by atoms with van der Waals surface area (Å²) in [6.45, 7) is 5.52. The van der Waals surface area contributed by atoms with Gasteiger partial charge in [-0.2, -0.15) is 0 Å². The zero-order valence-electron chi connectivity index (χ0n) is 13.7. The Morgan fingerprint density at radius 3 is 2.39 bits per heavy atom. The number of aliphatic hydroxyl groups excluding tert-OH is 1. The van der Waals surface area contributed by atoms with Crippen molar-refractivity contribution in [2.45, 2.75) is 37.8 Å². The highest BCUT2D eigenvalue weighted by molar-refractivity contribution is 5.22. The summed E-state index contributed by atoms with van der Waals surface area (Å²) < 4.78 is 18.3. The van der Waals surface area contributed by atoms with E-state index < -0.39 is 6.10 Å². The maximum atomic E-state index is 12.8. The molecule has 2 fully saturated rings. The molecule has 0 bridgehead atoms. The Morgan fingerprint density at radius 2 is 1.74 bits per heavy atom. The number of aliphatic hydroxyl groups is 1. The molecule has 128 valence electrons. The van der Waals surface area contributed by atoms with Gasteiger partial charge in [-0.1, -0.05) is 0 Å². The zero-order chi connectivity index (χ0) is 16.1. The Kier molecular flexibility index (Phi) is 5.86. The lowest BCUT2D eigenvalue weighted by Gasteiger charge is -2.37. The maximum Gasteiger partial charge on any atom is 0.123 e. The Bertz CT molecular complexity index is 468. The van der Waals surface area contributed by atoms with Gasteiger partial charge in [0.15, 0.2) is 0 Å². The first-order valence-corrected chi connectivity index (χ1v) is 8.73. The molecule has 23 heavy (non-hydrogen) atoms. The second kappa shape index (κ2) is 8.08. The number of ether oxygens (including phenoxy) is 1. The van der Waals surface area contributed by atoms with Gasteiger partial charge in [0.2, 0.25) is 0 Å². The van der Waals surface area contributed by atoms with Crippen LogP contribution in [0.2, 0.25) is 0 Å². The van der Waals surface area contributed by atoms with E-state index >= 15 is 0 Å². The van der Waals surface area contributed by atoms with E-state index in [9.17, 15) is 9.50 Å². The van der Waals surface area contributed by atoms with Gasteiger partial charge in [0.25, 0.3) is 0 Å². The summed E-state index contributed by atoms with van der Waals surface area (Å²) in [4.78, 5) is 4.96. The molecule has 0 spiro atoms. The number of β-amino-alcohol motifs (C(OH)–C–C–N with tert-alkyl or cyclic N) is 1. The number of hydrogen-bond donors (Lipinski definition) is 1. The number of piperidine rings is 1. The number of benzene rings is 1. The van der Waals surface area contributed by atoms with Crippen molar-refractivity contribution in [3.05, 3.63) is 30.1 Å². The Hall–Kier alpha value is -1.17. The van der Waals surface area contributed by atoms with E-state index in [0.717, 1.165) is 19.1 Å². The van der Waals surface area contributed by atoms with Crippen LogP contribution in [0.4, 0.5) is 4.39 Å². The fraction of sp³-hybridized carbons (Fsp3) is 0.667. The van der Waals surface area contributed by atoms with E-state index in [-0.39, 0.29) is 12.4 Å². The van der Waals surface area contributed by atoms with Crippen LogP contribution in [-0.2, 0) is 0 Å². The molecule has 0 aliphatic carbocycles. The van der Waals surface area contributed by atoms with Crippen LogP contribution in [0.1, 0.15) is 25.7 Å². The highest BCUT2D eigenvalue weighted by Crippen LogP contribution is 2.21. The summed E-state index contributed by atoms with van der Waals surface area (Å²) in [6, 6.07) is 6.64. The molecular formula is C18H27FN2O2. The number of likely N-dealkylation sites (tertiary alicyclic amines) is 2. The van der Waals surface area contributed by atoms with Gasteiger partial charge in [-0.05, 0) is 76.1 Å². The molecule has 1 aromatic carbocycles. The largest absolute Gasteiger partial charge is 0.491 e. The molecule has 2 heterocycles. The van der Waals surface area contributed by atoms with Crippen LogP contribution in [0.5, 0.6) is 5.75 Å². The first kappa shape index (κ1) is 16.7. The van der Waals surface area contributed by atoms with Gasteiger partial charge in [-0.3, -0.25) is 0 Å². The standard InChI is InChI=1S/C18H27FN2O2/c19-15-3-5-18(6-4-15)23-14-17(22)13-20-11-7-16(8-12-20)21-9-1-2-10-21/h3-6,16-17,22H,1-2,7-14H2. The van der Waals surface area contributed by atoms with E-state index in [0.29, 0.717) is 12.3 Å². The topological polar surface area (TPSA) is 35.9 Å². The SMILES string of the molecule is OC(COc1ccc(F)cc1)CN1CCC(N2CCCC2)CC1. The van der Waals surface area contributed by atoms with Gasteiger partial charge in [-0.25, -0.2) is 4.39 Å². The molecule has 5 heteroatoms. The number of rotatable bonds is 6. The van der Waals surface area contributed by atoms with Crippen molar-refractivity contribution in [3.63, 3.8) is 0 Å². The van der Waals surface area contributed by atoms with Crippen LogP contribution in [0.15, 0.2) is 24.3 Å². The molecule has 2 aliphatic heterocycles. The predicted molar refractivity (Wildman–Crippen MR) is 88.2 cm³/mol. The van der Waals surface area contributed by atoms with Gasteiger partial charge in [0.1, 0.15) is 24.3 Å². The Labute approximate surface area is 137 Å². The summed E-state index contributed by atoms with van der Waals surface area (Å²) in [6.07, 6.45) is 4.58. The van der Waals surface area contributed by atoms with Crippen LogP contribution in [0, 0.1) is 5.82 Å². The van der Waals surface area contributed by atoms with Crippen molar-refractivity contribution in [2.24, 2.45) is 0 Å². The van der Waals surface area contributed by atoms with E-state index in [4.69, 9.17) is 4.74 Å². The minimum atomic E-state index is -0.511. The average molecular weight is 322 g/mol. The summed E-state index contributed by atoms with van der Waals surface area (Å²) in [5, 5.41) is 10.1. The van der Waals surface area contributed by atoms with Crippen molar-refractivity contribution in [3.8, 4) is 5.75 Å². The molecule has 2 saturated heterocycles. The van der Waals surface area contributed by atoms with Crippen LogP contribution in [-0.4, -0.2) is 66.4 Å². The van der Waals surface area contributed by atoms with E-state index in [2.05, 4.69) is 9.80 Å². The van der Waals surface area contributed by atoms with Crippen LogP contribution in [0.25, 0.3) is 0 Å². The highest BCUT2D eigenvalue weighted by Gasteiger charge is 2.27. The van der Waals surface area contributed by atoms with Crippen molar-refractivity contribution in [1.29, 1.82) is 0 Å². The lowest BCUT2D eigenvalue weighted by atomic mass is 10.0. The molecule has 0 amide bonds. The summed E-state index contributed by atoms with van der Waals surface area (Å²) in [5.74, 6) is 0.317. The minimum absolute atomic E-state index is 0.248. The second-order valence-electron chi connectivity index (χ2n) is 6.69. The fourth-order valence-electron chi connectivity index (χ4n) is 3.65. The smallest absolute Gasteiger partial charge is 0.123 e. The van der Waals surface area contributed by atoms with E-state index in [1.54, 1.807) is 12.1 Å². The average Bonchev–Trinajstić information content (AvgIpc) is 3.09. The van der Waals surface area contributed by atoms with Gasteiger partial charge in [0.05, 0.1) is 0 Å². The van der Waals surface area contributed by atoms with Crippen molar-refractivity contribution >= 4 is 0 Å². The molecule has 3 rings (SSSR count). The second-order valence-corrected chi connectivity index (χ2v) is 6.69. The van der Waals surface area contributed by atoms with Crippen molar-refractivity contribution in [2.75, 3.05) is 39.3 Å².